The van der Waals surface area contributed by atoms with Crippen molar-refractivity contribution in [2.24, 2.45) is 39.9 Å². The second-order valence-electron chi connectivity index (χ2n) is 11.8. The molecular weight excluding hydrogens is 364 g/mol. The lowest BCUT2D eigenvalue weighted by atomic mass is 9.50. The SMILES string of the molecule is C[C@H]1CC[C@@]23C1=C[C@@]1(C)CC[C@](C)(CC(O)C(=O)C(C)(O)CO)[C@H]1[C@@H]2CC[C@@H]3C. The number of ketones is 1. The Hall–Kier alpha value is -0.710. The normalized spacial score (nSPS) is 49.0. The molecule has 0 amide bonds. The van der Waals surface area contributed by atoms with E-state index < -0.39 is 24.1 Å². The minimum absolute atomic E-state index is 0.128. The van der Waals surface area contributed by atoms with Gasteiger partial charge in [-0.05, 0) is 91.8 Å². The molecule has 4 heteroatoms. The maximum atomic E-state index is 12.6. The summed E-state index contributed by atoms with van der Waals surface area (Å²) in [6.45, 7) is 10.2. The van der Waals surface area contributed by atoms with E-state index in [0.29, 0.717) is 35.5 Å². The fourth-order valence-electron chi connectivity index (χ4n) is 8.52. The maximum absolute atomic E-state index is 12.6. The Kier molecular flexibility index (Phi) is 4.93. The second kappa shape index (κ2) is 6.64. The highest BCUT2D eigenvalue weighted by Gasteiger charge is 2.67. The molecule has 2 unspecified atom stereocenters. The van der Waals surface area contributed by atoms with E-state index in [0.717, 1.165) is 12.8 Å². The number of hydrogen-bond acceptors (Lipinski definition) is 4. The number of Topliss-reactive ketones (excluding diaryl/α,β-unsaturated/α-hetero) is 1. The van der Waals surface area contributed by atoms with Gasteiger partial charge in [0.15, 0.2) is 5.78 Å². The molecule has 3 fully saturated rings. The fraction of sp³-hybridized carbons (Fsp3) is 0.880. The highest BCUT2D eigenvalue weighted by atomic mass is 16.3. The molecule has 0 aromatic rings. The molecule has 1 spiro atoms. The van der Waals surface area contributed by atoms with Crippen molar-refractivity contribution in [1.82, 2.24) is 0 Å². The van der Waals surface area contributed by atoms with E-state index in [9.17, 15) is 20.1 Å². The summed E-state index contributed by atoms with van der Waals surface area (Å²) < 4.78 is 0. The Morgan fingerprint density at radius 2 is 1.90 bits per heavy atom. The van der Waals surface area contributed by atoms with E-state index in [4.69, 9.17) is 0 Å². The van der Waals surface area contributed by atoms with Gasteiger partial charge in [-0.15, -0.1) is 0 Å². The number of aliphatic hydroxyl groups is 3. The lowest BCUT2D eigenvalue weighted by Gasteiger charge is -2.54. The van der Waals surface area contributed by atoms with E-state index in [1.54, 1.807) is 5.57 Å². The van der Waals surface area contributed by atoms with E-state index >= 15 is 0 Å². The number of carbonyl (C=O) groups excluding carboxylic acids is 1. The zero-order valence-electron chi connectivity index (χ0n) is 18.9. The predicted molar refractivity (Wildman–Crippen MR) is 113 cm³/mol. The monoisotopic (exact) mass is 404 g/mol. The van der Waals surface area contributed by atoms with Crippen molar-refractivity contribution in [1.29, 1.82) is 0 Å². The minimum Gasteiger partial charge on any atom is -0.393 e. The van der Waals surface area contributed by atoms with Gasteiger partial charge in [-0.25, -0.2) is 0 Å². The third kappa shape index (κ3) is 2.85. The summed E-state index contributed by atoms with van der Waals surface area (Å²) in [6, 6.07) is 0. The summed E-state index contributed by atoms with van der Waals surface area (Å²) in [5.74, 6) is 1.82. The molecule has 3 saturated carbocycles. The number of allylic oxidation sites excluding steroid dienone is 2. The van der Waals surface area contributed by atoms with Crippen molar-refractivity contribution >= 4 is 5.78 Å². The summed E-state index contributed by atoms with van der Waals surface area (Å²) in [5, 5.41) is 30.3. The molecule has 4 nitrogen and oxygen atoms in total. The third-order valence-corrected chi connectivity index (χ3v) is 9.90. The van der Waals surface area contributed by atoms with E-state index in [1.165, 1.54) is 32.6 Å². The van der Waals surface area contributed by atoms with Crippen molar-refractivity contribution in [2.45, 2.75) is 91.3 Å². The molecule has 0 radical (unpaired) electrons. The highest BCUT2D eigenvalue weighted by Crippen LogP contribution is 2.74. The summed E-state index contributed by atoms with van der Waals surface area (Å²) >= 11 is 0. The first kappa shape index (κ1) is 21.5. The van der Waals surface area contributed by atoms with Gasteiger partial charge >= 0.3 is 0 Å². The molecule has 0 aliphatic heterocycles. The van der Waals surface area contributed by atoms with Gasteiger partial charge in [0, 0.05) is 0 Å². The Labute approximate surface area is 175 Å². The molecule has 0 saturated heterocycles. The molecular formula is C25H40O4. The van der Waals surface area contributed by atoms with Crippen LogP contribution in [0.1, 0.15) is 79.6 Å². The smallest absolute Gasteiger partial charge is 0.194 e. The van der Waals surface area contributed by atoms with Crippen LogP contribution in [0.25, 0.3) is 0 Å². The van der Waals surface area contributed by atoms with Crippen molar-refractivity contribution in [3.8, 4) is 0 Å². The van der Waals surface area contributed by atoms with Crippen LogP contribution in [-0.4, -0.2) is 39.4 Å². The summed E-state index contributed by atoms with van der Waals surface area (Å²) in [6.07, 6.45) is 8.98. The van der Waals surface area contributed by atoms with Gasteiger partial charge in [-0.1, -0.05) is 39.3 Å². The Morgan fingerprint density at radius 3 is 2.55 bits per heavy atom. The van der Waals surface area contributed by atoms with Gasteiger partial charge in [0.25, 0.3) is 0 Å². The van der Waals surface area contributed by atoms with Crippen LogP contribution in [0.2, 0.25) is 0 Å². The van der Waals surface area contributed by atoms with Gasteiger partial charge in [-0.2, -0.15) is 0 Å². The summed E-state index contributed by atoms with van der Waals surface area (Å²) in [4.78, 5) is 12.6. The first-order valence-electron chi connectivity index (χ1n) is 11.7. The van der Waals surface area contributed by atoms with Gasteiger partial charge in [0.1, 0.15) is 11.7 Å². The molecule has 3 N–H and O–H groups in total. The van der Waals surface area contributed by atoms with Gasteiger partial charge in [0.2, 0.25) is 0 Å². The highest BCUT2D eigenvalue weighted by molar-refractivity contribution is 5.90. The zero-order valence-corrected chi connectivity index (χ0v) is 18.9. The molecule has 0 heterocycles. The third-order valence-electron chi connectivity index (χ3n) is 9.90. The average Bonchev–Trinajstić information content (AvgIpc) is 3.25. The number of carbonyl (C=O) groups is 1. The lowest BCUT2D eigenvalue weighted by molar-refractivity contribution is -0.151. The molecule has 4 aliphatic rings. The molecule has 4 rings (SSSR count). The van der Waals surface area contributed by atoms with E-state index in [2.05, 4.69) is 33.8 Å². The Bertz CT molecular complexity index is 726. The minimum atomic E-state index is -1.87. The van der Waals surface area contributed by atoms with Crippen LogP contribution in [0.4, 0.5) is 0 Å². The number of fused-ring (bicyclic) bond motifs is 2. The number of aliphatic hydroxyl groups excluding tert-OH is 2. The molecule has 4 aliphatic carbocycles. The number of hydrogen-bond donors (Lipinski definition) is 3. The largest absolute Gasteiger partial charge is 0.393 e. The lowest BCUT2D eigenvalue weighted by Crippen LogP contribution is -2.51. The van der Waals surface area contributed by atoms with Crippen LogP contribution in [-0.2, 0) is 4.79 Å². The van der Waals surface area contributed by atoms with Gasteiger partial charge < -0.3 is 15.3 Å². The van der Waals surface area contributed by atoms with Crippen molar-refractivity contribution in [3.05, 3.63) is 11.6 Å². The summed E-state index contributed by atoms with van der Waals surface area (Å²) in [5.41, 5.74) is 0.159. The van der Waals surface area contributed by atoms with Gasteiger partial charge in [-0.3, -0.25) is 4.79 Å². The maximum Gasteiger partial charge on any atom is 0.194 e. The van der Waals surface area contributed by atoms with Crippen molar-refractivity contribution < 1.29 is 20.1 Å². The topological polar surface area (TPSA) is 77.8 Å². The molecule has 0 bridgehead atoms. The van der Waals surface area contributed by atoms with Crippen molar-refractivity contribution in [3.63, 3.8) is 0 Å². The van der Waals surface area contributed by atoms with Crippen molar-refractivity contribution in [2.75, 3.05) is 6.61 Å². The second-order valence-corrected chi connectivity index (χ2v) is 11.8. The molecule has 9 atom stereocenters. The number of rotatable bonds is 5. The predicted octanol–water partition coefficient (Wildman–Crippen LogP) is 3.87. The first-order valence-corrected chi connectivity index (χ1v) is 11.7. The van der Waals surface area contributed by atoms with Gasteiger partial charge in [0.05, 0.1) is 6.61 Å². The summed E-state index contributed by atoms with van der Waals surface area (Å²) in [7, 11) is 0. The molecule has 0 aromatic carbocycles. The zero-order chi connectivity index (χ0) is 21.4. The van der Waals surface area contributed by atoms with Crippen LogP contribution < -0.4 is 0 Å². The van der Waals surface area contributed by atoms with E-state index in [-0.39, 0.29) is 10.8 Å². The first-order chi connectivity index (χ1) is 13.4. The van der Waals surface area contributed by atoms with Crippen LogP contribution >= 0.6 is 0 Å². The van der Waals surface area contributed by atoms with Crippen LogP contribution in [0.15, 0.2) is 11.6 Å². The molecule has 0 aromatic heterocycles. The average molecular weight is 405 g/mol. The Balaban J connectivity index is 1.70. The van der Waals surface area contributed by atoms with E-state index in [1.807, 2.05) is 0 Å². The standard InChI is InChI=1S/C25H40O4/c1-15-8-9-25-16(2)6-7-17(25)20-22(3,12-18(15)25)10-11-23(20,4)13-19(27)21(28)24(5,29)14-26/h12,15-17,19-20,26-27,29H,6-11,13-14H2,1-5H3/t15-,16-,17-,19?,20-,22+,23+,24?,25-/m0/s1. The Morgan fingerprint density at radius 1 is 1.21 bits per heavy atom. The fourth-order valence-corrected chi connectivity index (χ4v) is 8.52. The molecule has 29 heavy (non-hydrogen) atoms. The van der Waals surface area contributed by atoms with Crippen LogP contribution in [0.3, 0.4) is 0 Å². The quantitative estimate of drug-likeness (QED) is 0.608. The molecule has 164 valence electrons. The van der Waals surface area contributed by atoms with Crippen LogP contribution in [0.5, 0.6) is 0 Å². The van der Waals surface area contributed by atoms with Crippen LogP contribution in [0, 0.1) is 39.9 Å².